The second-order valence-corrected chi connectivity index (χ2v) is 5.15. The summed E-state index contributed by atoms with van der Waals surface area (Å²) in [7, 11) is 0. The third kappa shape index (κ3) is 1.94. The Morgan fingerprint density at radius 3 is 2.88 bits per heavy atom. The fraction of sp³-hybridized carbons (Fsp3) is 0.571. The van der Waals surface area contributed by atoms with Crippen molar-refractivity contribution in [2.75, 3.05) is 11.9 Å². The van der Waals surface area contributed by atoms with Crippen LogP contribution in [-0.2, 0) is 6.42 Å². The minimum absolute atomic E-state index is 0.718. The van der Waals surface area contributed by atoms with Gasteiger partial charge in [0.2, 0.25) is 0 Å². The highest BCUT2D eigenvalue weighted by Crippen LogP contribution is 2.37. The van der Waals surface area contributed by atoms with Gasteiger partial charge in [0.25, 0.3) is 0 Å². The Balaban J connectivity index is 1.78. The summed E-state index contributed by atoms with van der Waals surface area (Å²) in [6.07, 6.45) is 6.35. The molecule has 0 saturated heterocycles. The normalized spacial score (nSPS) is 23.2. The molecule has 1 fully saturated rings. The van der Waals surface area contributed by atoms with Crippen LogP contribution in [0.25, 0.3) is 0 Å². The van der Waals surface area contributed by atoms with Crippen LogP contribution >= 0.6 is 0 Å². The molecular weight excluding hydrogens is 196 g/mol. The average Bonchev–Trinajstić information content (AvgIpc) is 3.01. The first kappa shape index (κ1) is 10.2. The maximum absolute atomic E-state index is 5.66. The van der Waals surface area contributed by atoms with E-state index in [1.54, 1.807) is 11.1 Å². The minimum atomic E-state index is 0.718. The van der Waals surface area contributed by atoms with Crippen molar-refractivity contribution >= 4 is 5.69 Å². The van der Waals surface area contributed by atoms with Crippen molar-refractivity contribution in [3.05, 3.63) is 29.3 Å². The Bertz CT molecular complexity index is 382. The van der Waals surface area contributed by atoms with Gasteiger partial charge in [0.05, 0.1) is 0 Å². The Hall–Kier alpha value is -1.02. The van der Waals surface area contributed by atoms with Crippen molar-refractivity contribution in [1.82, 2.24) is 0 Å². The van der Waals surface area contributed by atoms with E-state index in [0.29, 0.717) is 0 Å². The van der Waals surface area contributed by atoms with E-state index in [1.165, 1.54) is 31.4 Å². The van der Waals surface area contributed by atoms with Gasteiger partial charge in [-0.3, -0.25) is 0 Å². The van der Waals surface area contributed by atoms with Crippen molar-refractivity contribution in [3.63, 3.8) is 0 Å². The summed E-state index contributed by atoms with van der Waals surface area (Å²) in [5, 5.41) is 3.57. The van der Waals surface area contributed by atoms with Gasteiger partial charge in [-0.05, 0) is 67.8 Å². The number of anilines is 1. The molecule has 2 nitrogen and oxygen atoms in total. The van der Waals surface area contributed by atoms with Crippen LogP contribution < -0.4 is 11.1 Å². The van der Waals surface area contributed by atoms with Gasteiger partial charge >= 0.3 is 0 Å². The van der Waals surface area contributed by atoms with Gasteiger partial charge in [-0.1, -0.05) is 6.07 Å². The Morgan fingerprint density at radius 2 is 2.12 bits per heavy atom. The molecule has 2 heteroatoms. The minimum Gasteiger partial charge on any atom is -0.382 e. The molecular formula is C14H20N2. The summed E-state index contributed by atoms with van der Waals surface area (Å²) in [6.45, 7) is 0.812. The third-order valence-electron chi connectivity index (χ3n) is 3.81. The molecule has 0 aliphatic heterocycles. The van der Waals surface area contributed by atoms with E-state index in [9.17, 15) is 0 Å². The second kappa shape index (κ2) is 4.10. The molecule has 1 saturated carbocycles. The zero-order chi connectivity index (χ0) is 11.0. The number of hydrogen-bond donors (Lipinski definition) is 2. The smallest absolute Gasteiger partial charge is 0.0345 e. The van der Waals surface area contributed by atoms with Gasteiger partial charge in [0.15, 0.2) is 0 Å². The van der Waals surface area contributed by atoms with Gasteiger partial charge in [-0.25, -0.2) is 0 Å². The largest absolute Gasteiger partial charge is 0.382 e. The van der Waals surface area contributed by atoms with Crippen molar-refractivity contribution in [1.29, 1.82) is 0 Å². The Morgan fingerprint density at radius 1 is 1.25 bits per heavy atom. The summed E-state index contributed by atoms with van der Waals surface area (Å²) >= 11 is 0. The molecule has 0 aromatic heterocycles. The first-order chi connectivity index (χ1) is 7.86. The number of benzene rings is 1. The molecule has 2 aliphatic carbocycles. The van der Waals surface area contributed by atoms with E-state index in [4.69, 9.17) is 5.73 Å². The fourth-order valence-electron chi connectivity index (χ4n) is 2.76. The van der Waals surface area contributed by atoms with Crippen LogP contribution in [0.1, 0.15) is 42.7 Å². The number of fused-ring (bicyclic) bond motifs is 1. The van der Waals surface area contributed by atoms with Gasteiger partial charge in [-0.2, -0.15) is 0 Å². The number of nitrogens with two attached hydrogens (primary N) is 1. The second-order valence-electron chi connectivity index (χ2n) is 5.15. The van der Waals surface area contributed by atoms with Gasteiger partial charge in [0, 0.05) is 11.7 Å². The lowest BCUT2D eigenvalue weighted by atomic mass is 9.98. The van der Waals surface area contributed by atoms with Crippen LogP contribution in [0.3, 0.4) is 0 Å². The quantitative estimate of drug-likeness (QED) is 0.812. The van der Waals surface area contributed by atoms with Crippen LogP contribution in [0.2, 0.25) is 0 Å². The van der Waals surface area contributed by atoms with E-state index in [2.05, 4.69) is 23.5 Å². The molecule has 1 aromatic rings. The standard InChI is InChI=1S/C14H20N2/c15-8-7-10-1-2-11-9-13(5-6-14(10)11)16-12-3-4-12/h5-6,9-10,12,16H,1-4,7-8,15H2. The molecule has 86 valence electrons. The first-order valence-corrected chi connectivity index (χ1v) is 6.46. The number of nitrogens with one attached hydrogen (secondary N) is 1. The molecule has 0 spiro atoms. The molecule has 0 amide bonds. The highest BCUT2D eigenvalue weighted by atomic mass is 14.9. The SMILES string of the molecule is NCCC1CCc2cc(NC3CC3)ccc21. The van der Waals surface area contributed by atoms with Gasteiger partial charge in [-0.15, -0.1) is 0 Å². The Kier molecular flexibility index (Phi) is 2.60. The molecule has 1 atom stereocenters. The number of rotatable bonds is 4. The van der Waals surface area contributed by atoms with Gasteiger partial charge in [0.1, 0.15) is 0 Å². The average molecular weight is 216 g/mol. The number of aryl methyl sites for hydroxylation is 1. The summed E-state index contributed by atoms with van der Waals surface area (Å²) in [4.78, 5) is 0. The van der Waals surface area contributed by atoms with Crippen molar-refractivity contribution in [2.24, 2.45) is 5.73 Å². The lowest BCUT2D eigenvalue weighted by Gasteiger charge is -2.11. The highest BCUT2D eigenvalue weighted by molar-refractivity contribution is 5.52. The summed E-state index contributed by atoms with van der Waals surface area (Å²) < 4.78 is 0. The lowest BCUT2D eigenvalue weighted by molar-refractivity contribution is 0.627. The van der Waals surface area contributed by atoms with E-state index < -0.39 is 0 Å². The van der Waals surface area contributed by atoms with E-state index in [-0.39, 0.29) is 0 Å². The lowest BCUT2D eigenvalue weighted by Crippen LogP contribution is -2.05. The number of hydrogen-bond acceptors (Lipinski definition) is 2. The maximum Gasteiger partial charge on any atom is 0.0345 e. The van der Waals surface area contributed by atoms with E-state index in [1.807, 2.05) is 0 Å². The predicted molar refractivity (Wildman–Crippen MR) is 67.8 cm³/mol. The van der Waals surface area contributed by atoms with E-state index >= 15 is 0 Å². The monoisotopic (exact) mass is 216 g/mol. The summed E-state index contributed by atoms with van der Waals surface area (Å²) in [5.41, 5.74) is 10.1. The molecule has 0 bridgehead atoms. The van der Waals surface area contributed by atoms with Crippen LogP contribution in [0.4, 0.5) is 5.69 Å². The van der Waals surface area contributed by atoms with Crippen LogP contribution in [-0.4, -0.2) is 12.6 Å². The molecule has 1 unspecified atom stereocenters. The van der Waals surface area contributed by atoms with Crippen LogP contribution in [0.15, 0.2) is 18.2 Å². The predicted octanol–water partition coefficient (Wildman–Crippen LogP) is 2.64. The third-order valence-corrected chi connectivity index (χ3v) is 3.81. The van der Waals surface area contributed by atoms with Crippen LogP contribution in [0.5, 0.6) is 0 Å². The van der Waals surface area contributed by atoms with Gasteiger partial charge < -0.3 is 11.1 Å². The fourth-order valence-corrected chi connectivity index (χ4v) is 2.76. The van der Waals surface area contributed by atoms with Crippen LogP contribution in [0, 0.1) is 0 Å². The maximum atomic E-state index is 5.66. The molecule has 3 rings (SSSR count). The van der Waals surface area contributed by atoms with E-state index in [0.717, 1.165) is 24.9 Å². The highest BCUT2D eigenvalue weighted by Gasteiger charge is 2.24. The van der Waals surface area contributed by atoms with Crippen molar-refractivity contribution < 1.29 is 0 Å². The topological polar surface area (TPSA) is 38.0 Å². The summed E-state index contributed by atoms with van der Waals surface area (Å²) in [5.74, 6) is 0.718. The van der Waals surface area contributed by atoms with Crippen molar-refractivity contribution in [2.45, 2.75) is 44.1 Å². The molecule has 0 radical (unpaired) electrons. The first-order valence-electron chi connectivity index (χ1n) is 6.46. The molecule has 0 heterocycles. The molecule has 3 N–H and O–H groups in total. The zero-order valence-electron chi connectivity index (χ0n) is 9.71. The summed E-state index contributed by atoms with van der Waals surface area (Å²) in [6, 6.07) is 7.66. The Labute approximate surface area is 97.2 Å². The zero-order valence-corrected chi connectivity index (χ0v) is 9.71. The molecule has 1 aromatic carbocycles. The van der Waals surface area contributed by atoms with Crippen molar-refractivity contribution in [3.8, 4) is 0 Å². The molecule has 2 aliphatic rings. The molecule has 16 heavy (non-hydrogen) atoms.